The van der Waals surface area contributed by atoms with Gasteiger partial charge in [0, 0.05) is 63.2 Å². The zero-order valence-corrected chi connectivity index (χ0v) is 14.6. The number of piperazine rings is 1. The Morgan fingerprint density at radius 1 is 1.00 bits per heavy atom. The first-order valence-corrected chi connectivity index (χ1v) is 8.92. The van der Waals surface area contributed by atoms with Crippen molar-refractivity contribution in [1.29, 1.82) is 0 Å². The van der Waals surface area contributed by atoms with E-state index in [-0.39, 0.29) is 6.09 Å². The van der Waals surface area contributed by atoms with Gasteiger partial charge in [-0.25, -0.2) is 4.79 Å². The highest BCUT2D eigenvalue weighted by Gasteiger charge is 2.22. The Hall–Kier alpha value is -2.86. The highest BCUT2D eigenvalue weighted by atomic mass is 16.6. The molecule has 1 saturated heterocycles. The van der Waals surface area contributed by atoms with E-state index in [0.717, 1.165) is 26.2 Å². The van der Waals surface area contributed by atoms with Crippen molar-refractivity contribution >= 4 is 17.0 Å². The number of aromatic nitrogens is 2. The smallest absolute Gasteiger partial charge is 0.410 e. The quantitative estimate of drug-likeness (QED) is 0.726. The van der Waals surface area contributed by atoms with Gasteiger partial charge in [0.05, 0.1) is 5.52 Å². The van der Waals surface area contributed by atoms with Crippen molar-refractivity contribution in [3.05, 3.63) is 61.1 Å². The van der Waals surface area contributed by atoms with Gasteiger partial charge in [-0.05, 0) is 24.3 Å². The zero-order valence-electron chi connectivity index (χ0n) is 14.6. The highest BCUT2D eigenvalue weighted by Crippen LogP contribution is 2.15. The Kier molecular flexibility index (Phi) is 4.84. The lowest BCUT2D eigenvalue weighted by atomic mass is 10.3. The molecule has 0 bridgehead atoms. The van der Waals surface area contributed by atoms with Crippen LogP contribution >= 0.6 is 0 Å². The van der Waals surface area contributed by atoms with Crippen molar-refractivity contribution < 1.29 is 9.53 Å². The van der Waals surface area contributed by atoms with Gasteiger partial charge in [0.15, 0.2) is 0 Å². The molecule has 1 aliphatic heterocycles. The second kappa shape index (κ2) is 7.58. The molecule has 0 spiro atoms. The van der Waals surface area contributed by atoms with Crippen LogP contribution in [0.2, 0.25) is 0 Å². The van der Waals surface area contributed by atoms with Crippen LogP contribution in [0, 0.1) is 0 Å². The van der Waals surface area contributed by atoms with E-state index in [9.17, 15) is 4.79 Å². The van der Waals surface area contributed by atoms with E-state index < -0.39 is 0 Å². The van der Waals surface area contributed by atoms with Crippen LogP contribution in [-0.4, -0.2) is 58.2 Å². The van der Waals surface area contributed by atoms with Gasteiger partial charge in [-0.15, -0.1) is 0 Å². The van der Waals surface area contributed by atoms with Gasteiger partial charge in [0.25, 0.3) is 0 Å². The third-order valence-electron chi connectivity index (χ3n) is 4.81. The minimum absolute atomic E-state index is 0.264. The molecule has 1 aromatic carbocycles. The number of rotatable bonds is 4. The van der Waals surface area contributed by atoms with Gasteiger partial charge >= 0.3 is 6.09 Å². The summed E-state index contributed by atoms with van der Waals surface area (Å²) in [6.45, 7) is 5.02. The molecule has 0 N–H and O–H groups in total. The van der Waals surface area contributed by atoms with E-state index in [1.165, 1.54) is 10.9 Å². The second-order valence-electron chi connectivity index (χ2n) is 6.45. The predicted molar refractivity (Wildman–Crippen MR) is 100 cm³/mol. The largest absolute Gasteiger partial charge is 0.415 e. The first kappa shape index (κ1) is 16.6. The molecule has 0 atom stereocenters. The Balaban J connectivity index is 1.26. The van der Waals surface area contributed by atoms with E-state index in [2.05, 4.69) is 26.7 Å². The van der Waals surface area contributed by atoms with Crippen LogP contribution in [0.1, 0.15) is 0 Å². The third-order valence-corrected chi connectivity index (χ3v) is 4.81. The van der Waals surface area contributed by atoms with Gasteiger partial charge in [0.1, 0.15) is 5.75 Å². The number of carbonyl (C=O) groups is 1. The summed E-state index contributed by atoms with van der Waals surface area (Å²) in [5, 5.41) is 1.17. The Labute approximate surface area is 152 Å². The summed E-state index contributed by atoms with van der Waals surface area (Å²) in [4.78, 5) is 20.6. The summed E-state index contributed by atoms with van der Waals surface area (Å²) in [6.07, 6.45) is 5.57. The molecule has 0 saturated carbocycles. The molecule has 6 nitrogen and oxygen atoms in total. The fourth-order valence-corrected chi connectivity index (χ4v) is 3.29. The fourth-order valence-electron chi connectivity index (χ4n) is 3.29. The number of hydrogen-bond donors (Lipinski definition) is 0. The summed E-state index contributed by atoms with van der Waals surface area (Å²) in [5.41, 5.74) is 1.21. The van der Waals surface area contributed by atoms with Crippen LogP contribution in [0.4, 0.5) is 4.79 Å². The van der Waals surface area contributed by atoms with Crippen molar-refractivity contribution in [3.63, 3.8) is 0 Å². The Morgan fingerprint density at radius 2 is 1.81 bits per heavy atom. The number of benzene rings is 1. The maximum absolute atomic E-state index is 12.2. The van der Waals surface area contributed by atoms with Gasteiger partial charge in [-0.3, -0.25) is 9.88 Å². The number of amides is 1. The number of ether oxygens (including phenoxy) is 1. The monoisotopic (exact) mass is 350 g/mol. The minimum atomic E-state index is -0.264. The van der Waals surface area contributed by atoms with Gasteiger partial charge in [-0.2, -0.15) is 0 Å². The van der Waals surface area contributed by atoms with Crippen LogP contribution in [0.5, 0.6) is 5.75 Å². The van der Waals surface area contributed by atoms with Gasteiger partial charge in [-0.1, -0.05) is 18.2 Å². The molecule has 0 unspecified atom stereocenters. The molecule has 134 valence electrons. The summed E-state index contributed by atoms with van der Waals surface area (Å²) in [6, 6.07) is 13.4. The van der Waals surface area contributed by atoms with Crippen molar-refractivity contribution in [2.24, 2.45) is 0 Å². The second-order valence-corrected chi connectivity index (χ2v) is 6.45. The number of para-hydroxylation sites is 1. The van der Waals surface area contributed by atoms with E-state index in [0.29, 0.717) is 18.8 Å². The number of nitrogens with zero attached hydrogens (tertiary/aromatic N) is 4. The van der Waals surface area contributed by atoms with Gasteiger partial charge in [0.2, 0.25) is 0 Å². The molecule has 0 aliphatic carbocycles. The SMILES string of the molecule is O=C(Oc1ccccc1)N1CCN(CCn2ccc3cnccc32)CC1. The fraction of sp³-hybridized carbons (Fsp3) is 0.300. The standard InChI is InChI=1S/C20H22N4O2/c25-20(26-18-4-2-1-3-5-18)24-14-11-22(12-15-24)10-13-23-9-7-17-16-21-8-6-19(17)23/h1-9,16H,10-15H2. The first-order valence-electron chi connectivity index (χ1n) is 8.92. The molecule has 1 aliphatic rings. The lowest BCUT2D eigenvalue weighted by Crippen LogP contribution is -2.50. The average Bonchev–Trinajstić information content (AvgIpc) is 3.11. The maximum Gasteiger partial charge on any atom is 0.415 e. The normalized spacial score (nSPS) is 15.3. The third kappa shape index (κ3) is 3.70. The first-order chi connectivity index (χ1) is 12.8. The van der Waals surface area contributed by atoms with Crippen LogP contribution in [0.15, 0.2) is 61.1 Å². The maximum atomic E-state index is 12.2. The highest BCUT2D eigenvalue weighted by molar-refractivity contribution is 5.78. The van der Waals surface area contributed by atoms with Crippen LogP contribution in [-0.2, 0) is 6.54 Å². The molecule has 4 rings (SSSR count). The summed E-state index contributed by atoms with van der Waals surface area (Å²) in [5.74, 6) is 0.592. The van der Waals surface area contributed by atoms with Gasteiger partial charge < -0.3 is 14.2 Å². The molecule has 3 heterocycles. The molecule has 1 fully saturated rings. The number of carbonyl (C=O) groups excluding carboxylic acids is 1. The Morgan fingerprint density at radius 3 is 2.62 bits per heavy atom. The predicted octanol–water partition coefficient (Wildman–Crippen LogP) is 2.85. The van der Waals surface area contributed by atoms with Crippen molar-refractivity contribution in [2.75, 3.05) is 32.7 Å². The summed E-state index contributed by atoms with van der Waals surface area (Å²) >= 11 is 0. The molecule has 2 aromatic heterocycles. The lowest BCUT2D eigenvalue weighted by molar-refractivity contribution is 0.109. The van der Waals surface area contributed by atoms with E-state index in [1.807, 2.05) is 36.7 Å². The minimum Gasteiger partial charge on any atom is -0.410 e. The topological polar surface area (TPSA) is 50.6 Å². The Bertz CT molecular complexity index is 870. The molecule has 0 radical (unpaired) electrons. The van der Waals surface area contributed by atoms with Crippen molar-refractivity contribution in [1.82, 2.24) is 19.4 Å². The van der Waals surface area contributed by atoms with E-state index in [1.54, 1.807) is 17.0 Å². The van der Waals surface area contributed by atoms with Crippen molar-refractivity contribution in [3.8, 4) is 5.75 Å². The molecule has 1 amide bonds. The number of pyridine rings is 1. The molecular weight excluding hydrogens is 328 g/mol. The molecule has 6 heteroatoms. The lowest BCUT2D eigenvalue weighted by Gasteiger charge is -2.34. The van der Waals surface area contributed by atoms with E-state index >= 15 is 0 Å². The number of hydrogen-bond acceptors (Lipinski definition) is 4. The average molecular weight is 350 g/mol. The zero-order chi connectivity index (χ0) is 17.8. The van der Waals surface area contributed by atoms with Crippen LogP contribution in [0.3, 0.4) is 0 Å². The summed E-state index contributed by atoms with van der Waals surface area (Å²) < 4.78 is 7.67. The summed E-state index contributed by atoms with van der Waals surface area (Å²) in [7, 11) is 0. The molecular formula is C20H22N4O2. The van der Waals surface area contributed by atoms with Crippen LogP contribution < -0.4 is 4.74 Å². The molecule has 3 aromatic rings. The van der Waals surface area contributed by atoms with E-state index in [4.69, 9.17) is 4.74 Å². The van der Waals surface area contributed by atoms with Crippen LogP contribution in [0.25, 0.3) is 10.9 Å². The van der Waals surface area contributed by atoms with Crippen molar-refractivity contribution in [2.45, 2.75) is 6.54 Å². The number of fused-ring (bicyclic) bond motifs is 1. The molecule has 26 heavy (non-hydrogen) atoms.